The second kappa shape index (κ2) is 5.37. The number of H-pyrrole nitrogens is 1. The first kappa shape index (κ1) is 14.4. The molecule has 9 nitrogen and oxygen atoms in total. The fourth-order valence-corrected chi connectivity index (χ4v) is 2.36. The summed E-state index contributed by atoms with van der Waals surface area (Å²) in [5.41, 5.74) is 0.201. The number of nitrogens with zero attached hydrogens (tertiary/aromatic N) is 3. The fraction of sp³-hybridized carbons (Fsp3) is 0.0714. The molecule has 0 aliphatic rings. The number of nitro groups is 2. The second-order valence-corrected chi connectivity index (χ2v) is 4.71. The van der Waals surface area contributed by atoms with Crippen molar-refractivity contribution >= 4 is 22.4 Å². The molecule has 0 unspecified atom stereocenters. The van der Waals surface area contributed by atoms with E-state index in [1.54, 1.807) is 43.5 Å². The highest BCUT2D eigenvalue weighted by Gasteiger charge is 2.32. The number of methoxy groups -OCH3 is 1. The zero-order valence-electron chi connectivity index (χ0n) is 11.8. The molecule has 0 fully saturated rings. The number of benzene rings is 2. The van der Waals surface area contributed by atoms with Gasteiger partial charge in [0, 0.05) is 0 Å². The maximum absolute atomic E-state index is 11.1. The lowest BCUT2D eigenvalue weighted by atomic mass is 10.0. The van der Waals surface area contributed by atoms with Gasteiger partial charge >= 0.3 is 11.6 Å². The summed E-state index contributed by atoms with van der Waals surface area (Å²) in [6, 6.07) is 10.2. The molecular weight excluding hydrogens is 304 g/mol. The van der Waals surface area contributed by atoms with Crippen LogP contribution < -0.4 is 4.74 Å². The molecule has 2 aromatic carbocycles. The highest BCUT2D eigenvalue weighted by atomic mass is 16.6. The Labute approximate surface area is 128 Å². The molecule has 0 saturated heterocycles. The smallest absolute Gasteiger partial charge is 0.428 e. The lowest BCUT2D eigenvalue weighted by Gasteiger charge is -2.04. The lowest BCUT2D eigenvalue weighted by Crippen LogP contribution is -1.93. The molecular formula is C14H10N4O5. The largest absolute Gasteiger partial charge is 0.497 e. The number of rotatable bonds is 4. The van der Waals surface area contributed by atoms with Crippen LogP contribution in [0.15, 0.2) is 36.4 Å². The molecule has 1 heterocycles. The summed E-state index contributed by atoms with van der Waals surface area (Å²) in [7, 11) is 1.55. The van der Waals surface area contributed by atoms with Crippen molar-refractivity contribution in [2.24, 2.45) is 0 Å². The Morgan fingerprint density at radius 2 is 1.74 bits per heavy atom. The first-order chi connectivity index (χ1) is 11.0. The minimum Gasteiger partial charge on any atom is -0.497 e. The topological polar surface area (TPSA) is 124 Å². The number of nitrogens with one attached hydrogen (secondary N) is 1. The zero-order valence-corrected chi connectivity index (χ0v) is 11.8. The SMILES string of the molecule is COc1ccc2cc(-c3c([N+](=O)[O-])n[nH]c3[N+](=O)[O-])ccc2c1. The van der Waals surface area contributed by atoms with Crippen LogP contribution in [0.5, 0.6) is 5.75 Å². The number of hydrogen-bond acceptors (Lipinski definition) is 6. The van der Waals surface area contributed by atoms with Crippen LogP contribution in [0.25, 0.3) is 21.9 Å². The molecule has 0 spiro atoms. The monoisotopic (exact) mass is 314 g/mol. The van der Waals surface area contributed by atoms with E-state index in [0.29, 0.717) is 11.3 Å². The predicted molar refractivity (Wildman–Crippen MR) is 81.4 cm³/mol. The summed E-state index contributed by atoms with van der Waals surface area (Å²) in [6.07, 6.45) is 0. The van der Waals surface area contributed by atoms with Crippen molar-refractivity contribution in [2.75, 3.05) is 7.11 Å². The Balaban J connectivity index is 2.22. The van der Waals surface area contributed by atoms with Crippen molar-refractivity contribution in [2.45, 2.75) is 0 Å². The van der Waals surface area contributed by atoms with Crippen LogP contribution in [0, 0.1) is 20.2 Å². The van der Waals surface area contributed by atoms with Crippen molar-refractivity contribution in [3.8, 4) is 16.9 Å². The zero-order chi connectivity index (χ0) is 16.6. The maximum Gasteiger partial charge on any atom is 0.428 e. The van der Waals surface area contributed by atoms with Crippen molar-refractivity contribution in [3.63, 3.8) is 0 Å². The van der Waals surface area contributed by atoms with Crippen molar-refractivity contribution in [1.82, 2.24) is 10.2 Å². The first-order valence-corrected chi connectivity index (χ1v) is 6.46. The molecule has 0 saturated carbocycles. The van der Waals surface area contributed by atoms with Crippen LogP contribution >= 0.6 is 0 Å². The molecule has 116 valence electrons. The molecule has 0 amide bonds. The summed E-state index contributed by atoms with van der Waals surface area (Å²) in [5, 5.41) is 29.3. The highest BCUT2D eigenvalue weighted by Crippen LogP contribution is 2.37. The molecule has 3 rings (SSSR count). The summed E-state index contributed by atoms with van der Waals surface area (Å²) in [6.45, 7) is 0. The van der Waals surface area contributed by atoms with Gasteiger partial charge in [-0.15, -0.1) is 0 Å². The van der Waals surface area contributed by atoms with Gasteiger partial charge in [-0.2, -0.15) is 0 Å². The molecule has 0 bridgehead atoms. The van der Waals surface area contributed by atoms with E-state index in [1.165, 1.54) is 0 Å². The minimum absolute atomic E-state index is 0.141. The molecule has 0 radical (unpaired) electrons. The Morgan fingerprint density at radius 1 is 1.04 bits per heavy atom. The molecule has 1 N–H and O–H groups in total. The van der Waals surface area contributed by atoms with Crippen molar-refractivity contribution in [3.05, 3.63) is 56.6 Å². The van der Waals surface area contributed by atoms with E-state index in [0.717, 1.165) is 10.8 Å². The number of ether oxygens (including phenoxy) is 1. The summed E-state index contributed by atoms with van der Waals surface area (Å²) < 4.78 is 5.13. The van der Waals surface area contributed by atoms with Gasteiger partial charge < -0.3 is 25.0 Å². The quantitative estimate of drug-likeness (QED) is 0.583. The van der Waals surface area contributed by atoms with E-state index in [9.17, 15) is 20.2 Å². The first-order valence-electron chi connectivity index (χ1n) is 6.46. The molecule has 9 heteroatoms. The van der Waals surface area contributed by atoms with Crippen LogP contribution in [-0.4, -0.2) is 27.2 Å². The van der Waals surface area contributed by atoms with E-state index < -0.39 is 21.5 Å². The predicted octanol–water partition coefficient (Wildman–Crippen LogP) is 3.05. The number of fused-ring (bicyclic) bond motifs is 1. The van der Waals surface area contributed by atoms with Gasteiger partial charge in [0.05, 0.1) is 7.11 Å². The van der Waals surface area contributed by atoms with Crippen molar-refractivity contribution < 1.29 is 14.6 Å². The van der Waals surface area contributed by atoms with Gasteiger partial charge in [0.2, 0.25) is 0 Å². The highest BCUT2D eigenvalue weighted by molar-refractivity contribution is 5.91. The number of aromatic amines is 1. The Kier molecular flexibility index (Phi) is 3.37. The molecule has 3 aromatic rings. The van der Waals surface area contributed by atoms with Gasteiger partial charge in [0.1, 0.15) is 10.8 Å². The minimum atomic E-state index is -0.753. The van der Waals surface area contributed by atoms with Crippen LogP contribution in [0.2, 0.25) is 0 Å². The number of aromatic nitrogens is 2. The third kappa shape index (κ3) is 2.44. The maximum atomic E-state index is 11.1. The second-order valence-electron chi connectivity index (χ2n) is 4.71. The van der Waals surface area contributed by atoms with Gasteiger partial charge in [-0.25, -0.2) is 0 Å². The average molecular weight is 314 g/mol. The average Bonchev–Trinajstić information content (AvgIpc) is 2.99. The van der Waals surface area contributed by atoms with Crippen molar-refractivity contribution in [1.29, 1.82) is 0 Å². The molecule has 0 atom stereocenters. The molecule has 0 aliphatic heterocycles. The van der Waals surface area contributed by atoms with E-state index >= 15 is 0 Å². The van der Waals surface area contributed by atoms with Gasteiger partial charge in [-0.05, 0) is 49.5 Å². The Morgan fingerprint density at radius 3 is 2.39 bits per heavy atom. The Bertz CT molecular complexity index is 903. The number of hydrogen-bond donors (Lipinski definition) is 1. The normalized spacial score (nSPS) is 10.7. The van der Waals surface area contributed by atoms with Gasteiger partial charge in [-0.1, -0.05) is 18.2 Å². The molecule has 23 heavy (non-hydrogen) atoms. The van der Waals surface area contributed by atoms with E-state index in [-0.39, 0.29) is 5.56 Å². The van der Waals surface area contributed by atoms with Crippen LogP contribution in [0.1, 0.15) is 0 Å². The van der Waals surface area contributed by atoms with Gasteiger partial charge in [0.25, 0.3) is 0 Å². The van der Waals surface area contributed by atoms with E-state index in [1.807, 2.05) is 0 Å². The fourth-order valence-electron chi connectivity index (χ4n) is 2.36. The summed E-state index contributed by atoms with van der Waals surface area (Å²) in [4.78, 5) is 20.7. The van der Waals surface area contributed by atoms with E-state index in [2.05, 4.69) is 10.2 Å². The van der Waals surface area contributed by atoms with E-state index in [4.69, 9.17) is 4.74 Å². The van der Waals surface area contributed by atoms with Gasteiger partial charge in [-0.3, -0.25) is 0 Å². The summed E-state index contributed by atoms with van der Waals surface area (Å²) >= 11 is 0. The third-order valence-corrected chi connectivity index (χ3v) is 3.42. The Hall–Kier alpha value is -3.49. The lowest BCUT2D eigenvalue weighted by molar-refractivity contribution is -0.392. The molecule has 0 aliphatic carbocycles. The van der Waals surface area contributed by atoms with Crippen LogP contribution in [0.3, 0.4) is 0 Å². The van der Waals surface area contributed by atoms with Gasteiger partial charge in [0.15, 0.2) is 5.56 Å². The third-order valence-electron chi connectivity index (χ3n) is 3.42. The van der Waals surface area contributed by atoms with Crippen LogP contribution in [0.4, 0.5) is 11.6 Å². The van der Waals surface area contributed by atoms with Crippen LogP contribution in [-0.2, 0) is 0 Å². The molecule has 1 aromatic heterocycles. The summed E-state index contributed by atoms with van der Waals surface area (Å²) in [5.74, 6) is -0.417. The standard InChI is InChI=1S/C14H10N4O5/c1-23-11-5-4-8-6-10(3-2-9(8)7-11)12-13(17(19)20)15-16-14(12)18(21)22/h2-7H,1H3,(H,15,16).